The molecule has 1 N–H and O–H groups in total. The number of anilines is 1. The predicted octanol–water partition coefficient (Wildman–Crippen LogP) is 5.43. The average molecular weight is 431 g/mol. The van der Waals surface area contributed by atoms with Crippen LogP contribution in [0.4, 0.5) is 5.69 Å². The number of hydrogen-bond donors (Lipinski definition) is 1. The number of nitrogens with one attached hydrogen (secondary N) is 1. The zero-order chi connectivity index (χ0) is 23.1. The van der Waals surface area contributed by atoms with Gasteiger partial charge in [0.05, 0.1) is 6.04 Å². The van der Waals surface area contributed by atoms with E-state index in [-0.39, 0.29) is 24.5 Å². The highest BCUT2D eigenvalue weighted by Crippen LogP contribution is 2.26. The van der Waals surface area contributed by atoms with Crippen LogP contribution in [0.1, 0.15) is 42.1 Å². The topological polar surface area (TPSA) is 58.6 Å². The number of nitrogens with zero attached hydrogens (tertiary/aromatic N) is 1. The zero-order valence-corrected chi connectivity index (χ0v) is 19.1. The molecule has 0 heterocycles. The van der Waals surface area contributed by atoms with Crippen molar-refractivity contribution in [2.75, 3.05) is 11.9 Å². The minimum absolute atomic E-state index is 0.0488. The fourth-order valence-electron chi connectivity index (χ4n) is 3.58. The molecule has 166 valence electrons. The molecule has 0 spiro atoms. The number of carbonyl (C=O) groups excluding carboxylic acids is 2. The summed E-state index contributed by atoms with van der Waals surface area (Å²) in [6.07, 6.45) is 0. The molecular formula is C27H30N2O3. The first-order valence-corrected chi connectivity index (χ1v) is 10.7. The number of amides is 2. The molecule has 1 atom stereocenters. The van der Waals surface area contributed by atoms with Gasteiger partial charge in [-0.15, -0.1) is 0 Å². The van der Waals surface area contributed by atoms with E-state index in [4.69, 9.17) is 4.74 Å². The molecule has 0 bridgehead atoms. The second-order valence-electron chi connectivity index (χ2n) is 7.98. The van der Waals surface area contributed by atoms with Gasteiger partial charge in [-0.2, -0.15) is 0 Å². The summed E-state index contributed by atoms with van der Waals surface area (Å²) in [6.45, 7) is 7.90. The molecular weight excluding hydrogens is 400 g/mol. The van der Waals surface area contributed by atoms with E-state index in [1.54, 1.807) is 0 Å². The molecule has 1 unspecified atom stereocenters. The second kappa shape index (κ2) is 10.6. The smallest absolute Gasteiger partial charge is 0.261 e. The molecule has 0 aliphatic rings. The minimum Gasteiger partial charge on any atom is -0.483 e. The second-order valence-corrected chi connectivity index (χ2v) is 7.98. The molecule has 3 aromatic rings. The molecule has 3 rings (SSSR count). The van der Waals surface area contributed by atoms with Gasteiger partial charge < -0.3 is 15.0 Å². The third-order valence-electron chi connectivity index (χ3n) is 5.58. The van der Waals surface area contributed by atoms with Gasteiger partial charge in [-0.25, -0.2) is 0 Å². The molecule has 0 saturated carbocycles. The Bertz CT molecular complexity index is 1080. The van der Waals surface area contributed by atoms with Crippen molar-refractivity contribution >= 4 is 17.5 Å². The molecule has 0 fully saturated rings. The number of ether oxygens (including phenoxy) is 1. The first-order valence-electron chi connectivity index (χ1n) is 10.7. The van der Waals surface area contributed by atoms with Crippen molar-refractivity contribution in [2.45, 2.75) is 40.3 Å². The Labute approximate surface area is 190 Å². The molecule has 0 aromatic heterocycles. The van der Waals surface area contributed by atoms with Gasteiger partial charge in [-0.3, -0.25) is 9.59 Å². The molecule has 5 heteroatoms. The van der Waals surface area contributed by atoms with E-state index in [0.717, 1.165) is 28.0 Å². The summed E-state index contributed by atoms with van der Waals surface area (Å²) in [5.74, 6) is 0.486. The number of aryl methyl sites for hydroxylation is 1. The SMILES string of the molecule is CC(=O)Nc1cccc(C(C)N(Cc2ccccc2)C(=O)COc2cccc(C)c2C)c1. The summed E-state index contributed by atoms with van der Waals surface area (Å²) in [7, 11) is 0. The Balaban J connectivity index is 1.83. The average Bonchev–Trinajstić information content (AvgIpc) is 2.78. The monoisotopic (exact) mass is 430 g/mol. The summed E-state index contributed by atoms with van der Waals surface area (Å²) in [4.78, 5) is 26.6. The predicted molar refractivity (Wildman–Crippen MR) is 128 cm³/mol. The maximum Gasteiger partial charge on any atom is 0.261 e. The lowest BCUT2D eigenvalue weighted by molar-refractivity contribution is -0.136. The Kier molecular flexibility index (Phi) is 7.66. The summed E-state index contributed by atoms with van der Waals surface area (Å²) in [5, 5.41) is 2.81. The lowest BCUT2D eigenvalue weighted by Gasteiger charge is -2.30. The van der Waals surface area contributed by atoms with E-state index >= 15 is 0 Å². The molecule has 5 nitrogen and oxygen atoms in total. The Morgan fingerprint density at radius 1 is 0.969 bits per heavy atom. The summed E-state index contributed by atoms with van der Waals surface area (Å²) < 4.78 is 5.91. The van der Waals surface area contributed by atoms with Gasteiger partial charge >= 0.3 is 0 Å². The largest absolute Gasteiger partial charge is 0.483 e. The fraction of sp³-hybridized carbons (Fsp3) is 0.259. The van der Waals surface area contributed by atoms with Gasteiger partial charge in [0, 0.05) is 19.2 Å². The van der Waals surface area contributed by atoms with Crippen molar-refractivity contribution in [2.24, 2.45) is 0 Å². The van der Waals surface area contributed by atoms with Crippen LogP contribution in [0.5, 0.6) is 5.75 Å². The van der Waals surface area contributed by atoms with Gasteiger partial charge in [0.15, 0.2) is 6.61 Å². The van der Waals surface area contributed by atoms with E-state index in [2.05, 4.69) is 5.32 Å². The molecule has 0 saturated heterocycles. The van der Waals surface area contributed by atoms with Gasteiger partial charge in [0.2, 0.25) is 5.91 Å². The lowest BCUT2D eigenvalue weighted by Crippen LogP contribution is -2.36. The summed E-state index contributed by atoms with van der Waals surface area (Å²) >= 11 is 0. The van der Waals surface area contributed by atoms with Crippen LogP contribution < -0.4 is 10.1 Å². The highest BCUT2D eigenvalue weighted by atomic mass is 16.5. The highest BCUT2D eigenvalue weighted by molar-refractivity contribution is 5.88. The van der Waals surface area contributed by atoms with Crippen LogP contribution in [0, 0.1) is 13.8 Å². The van der Waals surface area contributed by atoms with Crippen molar-refractivity contribution in [1.29, 1.82) is 0 Å². The van der Waals surface area contributed by atoms with Crippen LogP contribution in [-0.4, -0.2) is 23.3 Å². The standard InChI is InChI=1S/C27H30N2O3/c1-19-10-8-15-26(20(19)2)32-18-27(31)29(17-23-11-6-5-7-12-23)21(3)24-13-9-14-25(16-24)28-22(4)30/h5-16,21H,17-18H2,1-4H3,(H,28,30). The summed E-state index contributed by atoms with van der Waals surface area (Å²) in [5.41, 5.74) is 4.84. The third-order valence-corrected chi connectivity index (χ3v) is 5.58. The quantitative estimate of drug-likeness (QED) is 0.518. The Morgan fingerprint density at radius 3 is 2.41 bits per heavy atom. The van der Waals surface area contributed by atoms with Crippen LogP contribution in [0.3, 0.4) is 0 Å². The molecule has 32 heavy (non-hydrogen) atoms. The number of benzene rings is 3. The molecule has 0 aliphatic heterocycles. The number of carbonyl (C=O) groups is 2. The van der Waals surface area contributed by atoms with Crippen molar-refractivity contribution in [3.05, 3.63) is 95.1 Å². The number of hydrogen-bond acceptors (Lipinski definition) is 3. The first-order chi connectivity index (χ1) is 15.3. The first kappa shape index (κ1) is 23.1. The number of rotatable bonds is 8. The molecule has 2 amide bonds. The van der Waals surface area contributed by atoms with E-state index in [9.17, 15) is 9.59 Å². The van der Waals surface area contributed by atoms with Crippen LogP contribution in [0.15, 0.2) is 72.8 Å². The minimum atomic E-state index is -0.210. The van der Waals surface area contributed by atoms with E-state index in [1.807, 2.05) is 98.5 Å². The van der Waals surface area contributed by atoms with Crippen LogP contribution >= 0.6 is 0 Å². The van der Waals surface area contributed by atoms with Crippen molar-refractivity contribution in [3.63, 3.8) is 0 Å². The maximum atomic E-state index is 13.3. The summed E-state index contributed by atoms with van der Waals surface area (Å²) in [6, 6.07) is 23.1. The zero-order valence-electron chi connectivity index (χ0n) is 19.1. The Morgan fingerprint density at radius 2 is 1.69 bits per heavy atom. The van der Waals surface area contributed by atoms with Crippen LogP contribution in [-0.2, 0) is 16.1 Å². The lowest BCUT2D eigenvalue weighted by atomic mass is 10.0. The normalized spacial score (nSPS) is 11.5. The Hall–Kier alpha value is -3.60. The van der Waals surface area contributed by atoms with Crippen LogP contribution in [0.2, 0.25) is 0 Å². The van der Waals surface area contributed by atoms with Gasteiger partial charge in [-0.1, -0.05) is 54.6 Å². The van der Waals surface area contributed by atoms with E-state index in [1.165, 1.54) is 6.92 Å². The van der Waals surface area contributed by atoms with E-state index < -0.39 is 0 Å². The van der Waals surface area contributed by atoms with Crippen LogP contribution in [0.25, 0.3) is 0 Å². The van der Waals surface area contributed by atoms with Gasteiger partial charge in [-0.05, 0) is 61.2 Å². The molecule has 0 radical (unpaired) electrons. The van der Waals surface area contributed by atoms with Crippen molar-refractivity contribution in [3.8, 4) is 5.75 Å². The van der Waals surface area contributed by atoms with Crippen molar-refractivity contribution < 1.29 is 14.3 Å². The van der Waals surface area contributed by atoms with Crippen molar-refractivity contribution in [1.82, 2.24) is 4.90 Å². The van der Waals surface area contributed by atoms with Gasteiger partial charge in [0.1, 0.15) is 5.75 Å². The maximum absolute atomic E-state index is 13.3. The van der Waals surface area contributed by atoms with Gasteiger partial charge in [0.25, 0.3) is 5.91 Å². The third kappa shape index (κ3) is 5.97. The highest BCUT2D eigenvalue weighted by Gasteiger charge is 2.23. The fourth-order valence-corrected chi connectivity index (χ4v) is 3.58. The van der Waals surface area contributed by atoms with E-state index in [0.29, 0.717) is 12.2 Å². The molecule has 0 aliphatic carbocycles. The molecule has 3 aromatic carbocycles.